The smallest absolute Gasteiger partial charge is 0.330 e. The van der Waals surface area contributed by atoms with Crippen molar-refractivity contribution in [3.8, 4) is 0 Å². The van der Waals surface area contributed by atoms with Gasteiger partial charge in [0.2, 0.25) is 5.91 Å². The molecule has 0 aliphatic heterocycles. The monoisotopic (exact) mass is 373 g/mol. The topological polar surface area (TPSA) is 88.8 Å². The summed E-state index contributed by atoms with van der Waals surface area (Å²) in [4.78, 5) is 24.7. The van der Waals surface area contributed by atoms with Gasteiger partial charge in [-0.2, -0.15) is 0 Å². The number of carboxylic acid groups (broad SMARTS) is 1. The number of furan rings is 1. The molecule has 1 saturated carbocycles. The number of aryl methyl sites for hydroxylation is 2. The second kappa shape index (κ2) is 6.68. The molecular formula is C21H27NO5. The minimum Gasteiger partial charge on any atom is -0.479 e. The lowest BCUT2D eigenvalue weighted by Crippen LogP contribution is -2.76. The molecule has 1 aliphatic carbocycles. The molecule has 1 amide bonds. The van der Waals surface area contributed by atoms with E-state index in [1.165, 1.54) is 0 Å². The van der Waals surface area contributed by atoms with Gasteiger partial charge in [0.05, 0.1) is 18.8 Å². The molecule has 1 aliphatic rings. The predicted molar refractivity (Wildman–Crippen MR) is 102 cm³/mol. The molecule has 27 heavy (non-hydrogen) atoms. The highest BCUT2D eigenvalue weighted by Crippen LogP contribution is 2.51. The third kappa shape index (κ3) is 2.92. The van der Waals surface area contributed by atoms with Crippen molar-refractivity contribution in [2.24, 2.45) is 5.41 Å². The number of amides is 1. The molecule has 2 unspecified atom stereocenters. The number of aliphatic carboxylic acids is 1. The molecule has 0 radical (unpaired) electrons. The van der Waals surface area contributed by atoms with Crippen LogP contribution >= 0.6 is 0 Å². The summed E-state index contributed by atoms with van der Waals surface area (Å²) >= 11 is 0. The number of carbonyl (C=O) groups excluding carboxylic acids is 1. The first-order valence-electron chi connectivity index (χ1n) is 9.26. The third-order valence-electron chi connectivity index (χ3n) is 6.17. The second-order valence-electron chi connectivity index (χ2n) is 7.95. The Hall–Kier alpha value is -2.34. The summed E-state index contributed by atoms with van der Waals surface area (Å²) in [6.07, 6.45) is 1.72. The van der Waals surface area contributed by atoms with E-state index in [1.807, 2.05) is 46.8 Å². The number of carbonyl (C=O) groups is 2. The SMILES string of the molecule is CCOC1CC(NC(=O)Cc2coc3c(C)c(C)ccc23)(C(=O)O)C1(C)C. The number of ether oxygens (including phenoxy) is 1. The van der Waals surface area contributed by atoms with Crippen molar-refractivity contribution in [2.75, 3.05) is 6.61 Å². The molecule has 2 aromatic rings. The van der Waals surface area contributed by atoms with Gasteiger partial charge in [0.1, 0.15) is 11.1 Å². The summed E-state index contributed by atoms with van der Waals surface area (Å²) in [5.41, 5.74) is 1.67. The molecule has 0 spiro atoms. The van der Waals surface area contributed by atoms with Crippen molar-refractivity contribution < 1.29 is 23.8 Å². The summed E-state index contributed by atoms with van der Waals surface area (Å²) in [5, 5.41) is 13.5. The van der Waals surface area contributed by atoms with Crippen LogP contribution in [0.1, 0.15) is 43.9 Å². The molecule has 6 heteroatoms. The van der Waals surface area contributed by atoms with Gasteiger partial charge in [-0.1, -0.05) is 26.0 Å². The molecule has 3 rings (SSSR count). The van der Waals surface area contributed by atoms with E-state index < -0.39 is 16.9 Å². The van der Waals surface area contributed by atoms with Crippen molar-refractivity contribution in [1.29, 1.82) is 0 Å². The normalized spacial score (nSPS) is 23.8. The number of carboxylic acids is 1. The second-order valence-corrected chi connectivity index (χ2v) is 7.95. The number of benzene rings is 1. The lowest BCUT2D eigenvalue weighted by atomic mass is 9.54. The minimum atomic E-state index is -1.32. The quantitative estimate of drug-likeness (QED) is 0.810. The van der Waals surface area contributed by atoms with Crippen molar-refractivity contribution in [1.82, 2.24) is 5.32 Å². The van der Waals surface area contributed by atoms with E-state index in [-0.39, 0.29) is 24.9 Å². The van der Waals surface area contributed by atoms with Gasteiger partial charge < -0.3 is 19.6 Å². The van der Waals surface area contributed by atoms with Gasteiger partial charge in [0.25, 0.3) is 0 Å². The third-order valence-corrected chi connectivity index (χ3v) is 6.17. The van der Waals surface area contributed by atoms with Crippen LogP contribution in [0.2, 0.25) is 0 Å². The first-order chi connectivity index (χ1) is 12.6. The largest absolute Gasteiger partial charge is 0.479 e. The highest BCUT2D eigenvalue weighted by atomic mass is 16.5. The van der Waals surface area contributed by atoms with E-state index >= 15 is 0 Å². The molecule has 1 aromatic carbocycles. The maximum Gasteiger partial charge on any atom is 0.330 e. The van der Waals surface area contributed by atoms with Crippen LogP contribution in [-0.2, 0) is 20.7 Å². The Labute approximate surface area is 158 Å². The van der Waals surface area contributed by atoms with Crippen molar-refractivity contribution in [3.63, 3.8) is 0 Å². The predicted octanol–water partition coefficient (Wildman–Crippen LogP) is 3.37. The maximum atomic E-state index is 12.7. The summed E-state index contributed by atoms with van der Waals surface area (Å²) in [7, 11) is 0. The molecule has 0 bridgehead atoms. The fourth-order valence-electron chi connectivity index (χ4n) is 4.02. The molecule has 2 N–H and O–H groups in total. The lowest BCUT2D eigenvalue weighted by Gasteiger charge is -2.58. The lowest BCUT2D eigenvalue weighted by molar-refractivity contribution is -0.194. The number of hydrogen-bond donors (Lipinski definition) is 2. The fraction of sp³-hybridized carbons (Fsp3) is 0.524. The molecule has 1 aromatic heterocycles. The average molecular weight is 373 g/mol. The van der Waals surface area contributed by atoms with E-state index in [1.54, 1.807) is 6.26 Å². The Bertz CT molecular complexity index is 897. The first-order valence-corrected chi connectivity index (χ1v) is 9.26. The average Bonchev–Trinajstić information content (AvgIpc) is 3.00. The van der Waals surface area contributed by atoms with E-state index in [4.69, 9.17) is 9.15 Å². The minimum absolute atomic E-state index is 0.0694. The number of rotatable bonds is 6. The van der Waals surface area contributed by atoms with Crippen LogP contribution in [0.4, 0.5) is 0 Å². The highest BCUT2D eigenvalue weighted by Gasteiger charge is 2.66. The zero-order chi connectivity index (χ0) is 20.0. The van der Waals surface area contributed by atoms with Crippen LogP contribution < -0.4 is 5.32 Å². The highest BCUT2D eigenvalue weighted by molar-refractivity contribution is 5.93. The van der Waals surface area contributed by atoms with Crippen LogP contribution in [0.15, 0.2) is 22.8 Å². The van der Waals surface area contributed by atoms with E-state index in [9.17, 15) is 14.7 Å². The number of nitrogens with one attached hydrogen (secondary N) is 1. The van der Waals surface area contributed by atoms with Crippen LogP contribution in [0.25, 0.3) is 11.0 Å². The van der Waals surface area contributed by atoms with Gasteiger partial charge in [0.15, 0.2) is 0 Å². The first kappa shape index (κ1) is 19.4. The molecule has 146 valence electrons. The Kier molecular flexibility index (Phi) is 4.80. The van der Waals surface area contributed by atoms with E-state index in [0.717, 1.165) is 27.7 Å². The van der Waals surface area contributed by atoms with Gasteiger partial charge in [-0.15, -0.1) is 0 Å². The number of hydrogen-bond acceptors (Lipinski definition) is 4. The zero-order valence-electron chi connectivity index (χ0n) is 16.5. The van der Waals surface area contributed by atoms with Gasteiger partial charge in [-0.05, 0) is 31.9 Å². The molecule has 0 saturated heterocycles. The Morgan fingerprint density at radius 1 is 1.33 bits per heavy atom. The van der Waals surface area contributed by atoms with Crippen molar-refractivity contribution >= 4 is 22.8 Å². The Balaban J connectivity index is 1.81. The van der Waals surface area contributed by atoms with Gasteiger partial charge in [-0.25, -0.2) is 4.79 Å². The Morgan fingerprint density at radius 3 is 2.63 bits per heavy atom. The summed E-state index contributed by atoms with van der Waals surface area (Å²) in [5.74, 6) is -1.36. The van der Waals surface area contributed by atoms with Crippen molar-refractivity contribution in [3.05, 3.63) is 35.1 Å². The van der Waals surface area contributed by atoms with E-state index in [0.29, 0.717) is 6.61 Å². The maximum absolute atomic E-state index is 12.7. The van der Waals surface area contributed by atoms with Crippen LogP contribution in [0, 0.1) is 19.3 Å². The molecule has 1 heterocycles. The standard InChI is InChI=1S/C21H27NO5/c1-6-26-16-10-21(19(24)25,20(16,4)5)22-17(23)9-14-11-27-18-13(3)12(2)7-8-15(14)18/h7-8,11,16H,6,9-10H2,1-5H3,(H,22,23)(H,24,25). The summed E-state index contributed by atoms with van der Waals surface area (Å²) in [6.45, 7) is 10.0. The zero-order valence-corrected chi connectivity index (χ0v) is 16.5. The van der Waals surface area contributed by atoms with Crippen molar-refractivity contribution in [2.45, 2.75) is 59.1 Å². The van der Waals surface area contributed by atoms with Gasteiger partial charge >= 0.3 is 5.97 Å². The fourth-order valence-corrected chi connectivity index (χ4v) is 4.02. The molecule has 2 atom stereocenters. The van der Waals surface area contributed by atoms with Crippen LogP contribution in [-0.4, -0.2) is 35.2 Å². The van der Waals surface area contributed by atoms with E-state index in [2.05, 4.69) is 5.32 Å². The number of fused-ring (bicyclic) bond motifs is 1. The molecule has 1 fully saturated rings. The van der Waals surface area contributed by atoms with Crippen LogP contribution in [0.3, 0.4) is 0 Å². The summed E-state index contributed by atoms with van der Waals surface area (Å²) < 4.78 is 11.3. The van der Waals surface area contributed by atoms with Gasteiger partial charge in [-0.3, -0.25) is 4.79 Å². The van der Waals surface area contributed by atoms with Gasteiger partial charge in [0, 0.05) is 29.4 Å². The van der Waals surface area contributed by atoms with Crippen LogP contribution in [0.5, 0.6) is 0 Å². The molecule has 6 nitrogen and oxygen atoms in total. The Morgan fingerprint density at radius 2 is 2.04 bits per heavy atom. The molecular weight excluding hydrogens is 346 g/mol. The summed E-state index contributed by atoms with van der Waals surface area (Å²) in [6, 6.07) is 3.93.